The summed E-state index contributed by atoms with van der Waals surface area (Å²) in [4.78, 5) is 16.4. The van der Waals surface area contributed by atoms with Crippen LogP contribution < -0.4 is 11.1 Å². The average molecular weight is 294 g/mol. The van der Waals surface area contributed by atoms with E-state index in [9.17, 15) is 4.79 Å². The maximum absolute atomic E-state index is 11.7. The lowest BCUT2D eigenvalue weighted by Gasteiger charge is -2.21. The molecule has 21 heavy (non-hydrogen) atoms. The van der Waals surface area contributed by atoms with Crippen LogP contribution in [0.4, 0.5) is 4.79 Å². The molecular formula is C15H26N4O2. The highest BCUT2D eigenvalue weighted by Crippen LogP contribution is 2.19. The molecule has 3 N–H and O–H groups in total. The summed E-state index contributed by atoms with van der Waals surface area (Å²) >= 11 is 0. The number of nitrogens with two attached hydrogens (primary N) is 1. The quantitative estimate of drug-likeness (QED) is 0.887. The van der Waals surface area contributed by atoms with E-state index in [0.29, 0.717) is 13.1 Å². The van der Waals surface area contributed by atoms with E-state index in [4.69, 9.17) is 10.5 Å². The number of carbonyl (C=O) groups excluding carboxylic acids is 1. The highest BCUT2D eigenvalue weighted by molar-refractivity contribution is 5.67. The molecule has 1 aliphatic rings. The van der Waals surface area contributed by atoms with Crippen LogP contribution in [0.15, 0.2) is 6.20 Å². The third-order valence-corrected chi connectivity index (χ3v) is 3.52. The van der Waals surface area contributed by atoms with Crippen LogP contribution in [0.25, 0.3) is 0 Å². The first-order valence-corrected chi connectivity index (χ1v) is 7.62. The van der Waals surface area contributed by atoms with Crippen LogP contribution in [-0.2, 0) is 17.7 Å². The van der Waals surface area contributed by atoms with Gasteiger partial charge in [0.2, 0.25) is 0 Å². The Balaban J connectivity index is 1.94. The minimum atomic E-state index is -0.490. The van der Waals surface area contributed by atoms with Gasteiger partial charge in [-0.05, 0) is 33.6 Å². The molecule has 1 atom stereocenters. The maximum atomic E-state index is 11.7. The maximum Gasteiger partial charge on any atom is 0.407 e. The molecule has 118 valence electrons. The summed E-state index contributed by atoms with van der Waals surface area (Å²) in [5.74, 6) is 1.16. The van der Waals surface area contributed by atoms with Gasteiger partial charge in [0.1, 0.15) is 11.4 Å². The van der Waals surface area contributed by atoms with Crippen molar-refractivity contribution in [1.82, 2.24) is 14.9 Å². The van der Waals surface area contributed by atoms with Gasteiger partial charge >= 0.3 is 6.09 Å². The second-order valence-electron chi connectivity index (χ2n) is 6.55. The molecule has 0 spiro atoms. The van der Waals surface area contributed by atoms with Crippen molar-refractivity contribution >= 4 is 6.09 Å². The minimum absolute atomic E-state index is 0.0237. The van der Waals surface area contributed by atoms with Crippen molar-refractivity contribution in [2.24, 2.45) is 5.73 Å². The largest absolute Gasteiger partial charge is 0.444 e. The fraction of sp³-hybridized carbons (Fsp3) is 0.733. The zero-order valence-corrected chi connectivity index (χ0v) is 13.2. The molecule has 1 aromatic rings. The summed E-state index contributed by atoms with van der Waals surface area (Å²) in [6.45, 7) is 7.45. The van der Waals surface area contributed by atoms with E-state index in [1.165, 1.54) is 12.8 Å². The first kappa shape index (κ1) is 15.8. The minimum Gasteiger partial charge on any atom is -0.444 e. The van der Waals surface area contributed by atoms with E-state index < -0.39 is 11.7 Å². The lowest BCUT2D eigenvalue weighted by Crippen LogP contribution is -2.36. The molecule has 1 aliphatic heterocycles. The lowest BCUT2D eigenvalue weighted by molar-refractivity contribution is 0.0524. The molecule has 6 nitrogen and oxygen atoms in total. The summed E-state index contributed by atoms with van der Waals surface area (Å²) in [6, 6.07) is 0. The number of hydrogen-bond donors (Lipinski definition) is 2. The first-order chi connectivity index (χ1) is 9.89. The smallest absolute Gasteiger partial charge is 0.407 e. The number of ether oxygens (including phenoxy) is 1. The van der Waals surface area contributed by atoms with E-state index in [0.717, 1.165) is 24.5 Å². The number of amides is 1. The number of nitrogens with one attached hydrogen (secondary N) is 1. The second-order valence-corrected chi connectivity index (χ2v) is 6.55. The number of imidazole rings is 1. The standard InChI is InChI=1S/C15H26N4O2/c1-15(2,3)21-14(20)17-9-11(8-16)12-10-19-7-5-4-6-13(19)18-12/h10-11H,4-9,16H2,1-3H3,(H,17,20). The van der Waals surface area contributed by atoms with Crippen LogP contribution >= 0.6 is 0 Å². The van der Waals surface area contributed by atoms with Crippen molar-refractivity contribution in [2.45, 2.75) is 58.1 Å². The second kappa shape index (κ2) is 6.47. The fourth-order valence-electron chi connectivity index (χ4n) is 2.46. The van der Waals surface area contributed by atoms with E-state index >= 15 is 0 Å². The third-order valence-electron chi connectivity index (χ3n) is 3.52. The van der Waals surface area contributed by atoms with E-state index in [1.807, 2.05) is 20.8 Å². The Morgan fingerprint density at radius 1 is 1.52 bits per heavy atom. The van der Waals surface area contributed by atoms with Gasteiger partial charge in [-0.1, -0.05) is 0 Å². The van der Waals surface area contributed by atoms with Gasteiger partial charge in [-0.15, -0.1) is 0 Å². The Hall–Kier alpha value is -1.56. The van der Waals surface area contributed by atoms with Crippen LogP contribution in [0.5, 0.6) is 0 Å². The van der Waals surface area contributed by atoms with Crippen LogP contribution in [0.1, 0.15) is 51.0 Å². The average Bonchev–Trinajstić information content (AvgIpc) is 2.80. The molecule has 1 unspecified atom stereocenters. The number of aromatic nitrogens is 2. The van der Waals surface area contributed by atoms with Gasteiger partial charge in [-0.2, -0.15) is 0 Å². The van der Waals surface area contributed by atoms with Crippen molar-refractivity contribution in [1.29, 1.82) is 0 Å². The number of aryl methyl sites for hydroxylation is 2. The number of nitrogens with zero attached hydrogens (tertiary/aromatic N) is 2. The molecular weight excluding hydrogens is 268 g/mol. The Kier molecular flexibility index (Phi) is 4.88. The van der Waals surface area contributed by atoms with Crippen LogP contribution in [0, 0.1) is 0 Å². The molecule has 2 heterocycles. The Labute approximate surface area is 126 Å². The van der Waals surface area contributed by atoms with Gasteiger partial charge in [0.05, 0.1) is 5.69 Å². The number of fused-ring (bicyclic) bond motifs is 1. The molecule has 1 amide bonds. The molecule has 0 bridgehead atoms. The SMILES string of the molecule is CC(C)(C)OC(=O)NCC(CN)c1cn2c(n1)CCCC2. The summed E-state index contributed by atoms with van der Waals surface area (Å²) in [6.07, 6.45) is 5.08. The lowest BCUT2D eigenvalue weighted by atomic mass is 10.1. The monoisotopic (exact) mass is 294 g/mol. The van der Waals surface area contributed by atoms with Gasteiger partial charge in [0, 0.05) is 38.2 Å². The van der Waals surface area contributed by atoms with Crippen molar-refractivity contribution in [2.75, 3.05) is 13.1 Å². The molecule has 2 rings (SSSR count). The highest BCUT2D eigenvalue weighted by atomic mass is 16.6. The van der Waals surface area contributed by atoms with Crippen molar-refractivity contribution in [3.05, 3.63) is 17.7 Å². The zero-order valence-electron chi connectivity index (χ0n) is 13.2. The predicted molar refractivity (Wildman–Crippen MR) is 81.2 cm³/mol. The Morgan fingerprint density at radius 3 is 2.90 bits per heavy atom. The van der Waals surface area contributed by atoms with Gasteiger partial charge in [-0.25, -0.2) is 9.78 Å². The fourth-order valence-corrected chi connectivity index (χ4v) is 2.46. The van der Waals surface area contributed by atoms with Gasteiger partial charge in [0.15, 0.2) is 0 Å². The topological polar surface area (TPSA) is 82.2 Å². The molecule has 6 heteroatoms. The zero-order chi connectivity index (χ0) is 15.5. The molecule has 1 aromatic heterocycles. The number of rotatable bonds is 4. The number of carbonyl (C=O) groups is 1. The molecule has 0 aromatic carbocycles. The Morgan fingerprint density at radius 2 is 2.29 bits per heavy atom. The van der Waals surface area contributed by atoms with E-state index in [-0.39, 0.29) is 5.92 Å². The molecule has 0 aliphatic carbocycles. The van der Waals surface area contributed by atoms with E-state index in [2.05, 4.69) is 21.1 Å². The number of alkyl carbamates (subject to hydrolysis) is 1. The third kappa shape index (κ3) is 4.46. The van der Waals surface area contributed by atoms with Crippen molar-refractivity contribution in [3.8, 4) is 0 Å². The van der Waals surface area contributed by atoms with Gasteiger partial charge in [0.25, 0.3) is 0 Å². The normalized spacial score (nSPS) is 16.2. The Bertz CT molecular complexity index is 467. The molecule has 0 saturated carbocycles. The summed E-state index contributed by atoms with van der Waals surface area (Å²) in [5.41, 5.74) is 6.31. The van der Waals surface area contributed by atoms with Crippen molar-refractivity contribution < 1.29 is 9.53 Å². The summed E-state index contributed by atoms with van der Waals surface area (Å²) < 4.78 is 7.44. The summed E-state index contributed by atoms with van der Waals surface area (Å²) in [5, 5.41) is 2.78. The number of hydrogen-bond acceptors (Lipinski definition) is 4. The highest BCUT2D eigenvalue weighted by Gasteiger charge is 2.21. The van der Waals surface area contributed by atoms with Gasteiger partial charge < -0.3 is 20.4 Å². The van der Waals surface area contributed by atoms with Crippen LogP contribution in [0.2, 0.25) is 0 Å². The first-order valence-electron chi connectivity index (χ1n) is 7.62. The van der Waals surface area contributed by atoms with Gasteiger partial charge in [-0.3, -0.25) is 0 Å². The van der Waals surface area contributed by atoms with Crippen LogP contribution in [-0.4, -0.2) is 34.3 Å². The predicted octanol–water partition coefficient (Wildman–Crippen LogP) is 1.79. The van der Waals surface area contributed by atoms with Crippen LogP contribution in [0.3, 0.4) is 0 Å². The molecule has 0 radical (unpaired) electrons. The van der Waals surface area contributed by atoms with E-state index in [1.54, 1.807) is 0 Å². The van der Waals surface area contributed by atoms with Crippen molar-refractivity contribution in [3.63, 3.8) is 0 Å². The molecule has 0 fully saturated rings. The molecule has 0 saturated heterocycles. The summed E-state index contributed by atoms with van der Waals surface area (Å²) in [7, 11) is 0.